The molecule has 24 heavy (non-hydrogen) atoms. The molecule has 0 atom stereocenters. The lowest BCUT2D eigenvalue weighted by atomic mass is 10.1. The van der Waals surface area contributed by atoms with Crippen molar-refractivity contribution in [2.24, 2.45) is 0 Å². The number of nitrogens with one attached hydrogen (secondary N) is 1. The molecule has 0 bridgehead atoms. The highest BCUT2D eigenvalue weighted by atomic mass is 35.5. The highest BCUT2D eigenvalue weighted by Crippen LogP contribution is 2.25. The molecule has 0 aliphatic rings. The molecule has 0 saturated heterocycles. The summed E-state index contributed by atoms with van der Waals surface area (Å²) in [6, 6.07) is 11.9. The zero-order valence-electron chi connectivity index (χ0n) is 13.1. The van der Waals surface area contributed by atoms with Crippen LogP contribution >= 0.6 is 23.2 Å². The molecule has 6 heteroatoms. The standard InChI is InChI=1S/C18H17Cl2NO3/c1-12(22)13-4-7-15(8-5-13)24-10-2-3-18(23)21-14-6-9-16(19)17(20)11-14/h4-9,11H,2-3,10H2,1H3,(H,21,23). The van der Waals surface area contributed by atoms with Gasteiger partial charge in [0, 0.05) is 17.7 Å². The van der Waals surface area contributed by atoms with Gasteiger partial charge in [0.2, 0.25) is 5.91 Å². The molecule has 2 aromatic rings. The highest BCUT2D eigenvalue weighted by molar-refractivity contribution is 6.42. The normalized spacial score (nSPS) is 10.3. The lowest BCUT2D eigenvalue weighted by Gasteiger charge is -2.08. The second kappa shape index (κ2) is 8.71. The van der Waals surface area contributed by atoms with Crippen LogP contribution in [0.1, 0.15) is 30.1 Å². The fourth-order valence-corrected chi connectivity index (χ4v) is 2.30. The van der Waals surface area contributed by atoms with Crippen LogP contribution in [0, 0.1) is 0 Å². The second-order valence-electron chi connectivity index (χ2n) is 5.21. The second-order valence-corrected chi connectivity index (χ2v) is 6.02. The molecule has 1 amide bonds. The van der Waals surface area contributed by atoms with Crippen molar-refractivity contribution < 1.29 is 14.3 Å². The van der Waals surface area contributed by atoms with Crippen LogP contribution in [0.2, 0.25) is 10.0 Å². The van der Waals surface area contributed by atoms with Gasteiger partial charge in [0.25, 0.3) is 0 Å². The molecule has 0 unspecified atom stereocenters. The zero-order chi connectivity index (χ0) is 17.5. The summed E-state index contributed by atoms with van der Waals surface area (Å²) in [5.74, 6) is 0.564. The summed E-state index contributed by atoms with van der Waals surface area (Å²) in [6.07, 6.45) is 0.896. The molecule has 4 nitrogen and oxygen atoms in total. The van der Waals surface area contributed by atoms with Crippen molar-refractivity contribution in [3.8, 4) is 5.75 Å². The Morgan fingerprint density at radius 2 is 1.75 bits per heavy atom. The average molecular weight is 366 g/mol. The van der Waals surface area contributed by atoms with E-state index in [0.717, 1.165) is 0 Å². The number of hydrogen-bond donors (Lipinski definition) is 1. The Morgan fingerprint density at radius 1 is 1.04 bits per heavy atom. The first-order chi connectivity index (χ1) is 11.5. The predicted molar refractivity (Wildman–Crippen MR) is 96.3 cm³/mol. The average Bonchev–Trinajstić information content (AvgIpc) is 2.55. The van der Waals surface area contributed by atoms with Gasteiger partial charge in [-0.05, 0) is 55.8 Å². The number of anilines is 1. The molecule has 0 aliphatic heterocycles. The number of amides is 1. The number of ether oxygens (including phenoxy) is 1. The number of carbonyl (C=O) groups is 2. The summed E-state index contributed by atoms with van der Waals surface area (Å²) in [5, 5.41) is 3.59. The predicted octanol–water partition coefficient (Wildman–Crippen LogP) is 4.99. The molecule has 1 N–H and O–H groups in total. The number of ketones is 1. The van der Waals surface area contributed by atoms with Gasteiger partial charge in [0.05, 0.1) is 16.7 Å². The van der Waals surface area contributed by atoms with Crippen LogP contribution < -0.4 is 10.1 Å². The fraction of sp³-hybridized carbons (Fsp3) is 0.222. The van der Waals surface area contributed by atoms with Gasteiger partial charge in [0.1, 0.15) is 5.75 Å². The Hall–Kier alpha value is -2.04. The Bertz CT molecular complexity index is 730. The Balaban J connectivity index is 1.72. The lowest BCUT2D eigenvalue weighted by molar-refractivity contribution is -0.116. The topological polar surface area (TPSA) is 55.4 Å². The summed E-state index contributed by atoms with van der Waals surface area (Å²) < 4.78 is 5.55. The Kier molecular flexibility index (Phi) is 6.64. The Labute approximate surface area is 150 Å². The van der Waals surface area contributed by atoms with E-state index in [1.807, 2.05) is 0 Å². The van der Waals surface area contributed by atoms with E-state index in [-0.39, 0.29) is 11.7 Å². The quantitative estimate of drug-likeness (QED) is 0.555. The summed E-state index contributed by atoms with van der Waals surface area (Å²) in [5.41, 5.74) is 1.25. The van der Waals surface area contributed by atoms with Gasteiger partial charge in [0.15, 0.2) is 5.78 Å². The summed E-state index contributed by atoms with van der Waals surface area (Å²) in [4.78, 5) is 23.0. The van der Waals surface area contributed by atoms with Crippen molar-refractivity contribution in [3.05, 3.63) is 58.1 Å². The van der Waals surface area contributed by atoms with Crippen molar-refractivity contribution in [3.63, 3.8) is 0 Å². The highest BCUT2D eigenvalue weighted by Gasteiger charge is 2.05. The molecule has 2 aromatic carbocycles. The molecule has 0 aromatic heterocycles. The van der Waals surface area contributed by atoms with Crippen molar-refractivity contribution in [2.75, 3.05) is 11.9 Å². The molecule has 0 saturated carbocycles. The van der Waals surface area contributed by atoms with Gasteiger partial charge < -0.3 is 10.1 Å². The van der Waals surface area contributed by atoms with E-state index in [2.05, 4.69) is 5.32 Å². The van der Waals surface area contributed by atoms with Gasteiger partial charge in [-0.3, -0.25) is 9.59 Å². The third-order valence-corrected chi connectivity index (χ3v) is 4.02. The third-order valence-electron chi connectivity index (χ3n) is 3.28. The van der Waals surface area contributed by atoms with E-state index in [1.54, 1.807) is 42.5 Å². The van der Waals surface area contributed by atoms with E-state index in [1.165, 1.54) is 6.92 Å². The number of benzene rings is 2. The Morgan fingerprint density at radius 3 is 2.38 bits per heavy atom. The van der Waals surface area contributed by atoms with Gasteiger partial charge in [-0.15, -0.1) is 0 Å². The third kappa shape index (κ3) is 5.55. The molecule has 0 heterocycles. The van der Waals surface area contributed by atoms with E-state index < -0.39 is 0 Å². The minimum atomic E-state index is -0.121. The van der Waals surface area contributed by atoms with Crippen molar-refractivity contribution in [1.82, 2.24) is 0 Å². The van der Waals surface area contributed by atoms with Gasteiger partial charge >= 0.3 is 0 Å². The first-order valence-electron chi connectivity index (χ1n) is 7.44. The van der Waals surface area contributed by atoms with E-state index >= 15 is 0 Å². The van der Waals surface area contributed by atoms with Crippen LogP contribution in [0.25, 0.3) is 0 Å². The summed E-state index contributed by atoms with van der Waals surface area (Å²) in [7, 11) is 0. The SMILES string of the molecule is CC(=O)c1ccc(OCCCC(=O)Nc2ccc(Cl)c(Cl)c2)cc1. The monoisotopic (exact) mass is 365 g/mol. The van der Waals surface area contributed by atoms with Crippen molar-refractivity contribution in [2.45, 2.75) is 19.8 Å². The van der Waals surface area contributed by atoms with Crippen molar-refractivity contribution >= 4 is 40.6 Å². The van der Waals surface area contributed by atoms with Crippen LogP contribution in [-0.2, 0) is 4.79 Å². The summed E-state index contributed by atoms with van der Waals surface area (Å²) >= 11 is 11.7. The number of carbonyl (C=O) groups excluding carboxylic acids is 2. The molecular weight excluding hydrogens is 349 g/mol. The largest absolute Gasteiger partial charge is 0.494 e. The molecule has 126 valence electrons. The summed E-state index contributed by atoms with van der Waals surface area (Å²) in [6.45, 7) is 1.93. The van der Waals surface area contributed by atoms with Crippen LogP contribution in [-0.4, -0.2) is 18.3 Å². The van der Waals surface area contributed by atoms with Crippen LogP contribution in [0.15, 0.2) is 42.5 Å². The number of hydrogen-bond acceptors (Lipinski definition) is 3. The van der Waals surface area contributed by atoms with Crippen LogP contribution in [0.3, 0.4) is 0 Å². The van der Waals surface area contributed by atoms with E-state index in [9.17, 15) is 9.59 Å². The lowest BCUT2D eigenvalue weighted by Crippen LogP contribution is -2.12. The minimum Gasteiger partial charge on any atom is -0.494 e. The first-order valence-corrected chi connectivity index (χ1v) is 8.20. The smallest absolute Gasteiger partial charge is 0.224 e. The van der Waals surface area contributed by atoms with Crippen LogP contribution in [0.4, 0.5) is 5.69 Å². The number of Topliss-reactive ketones (excluding diaryl/α,β-unsaturated/α-hetero) is 1. The fourth-order valence-electron chi connectivity index (χ4n) is 2.01. The number of halogens is 2. The molecule has 0 spiro atoms. The minimum absolute atomic E-state index is 0.0144. The zero-order valence-corrected chi connectivity index (χ0v) is 14.7. The van der Waals surface area contributed by atoms with Gasteiger partial charge in [-0.1, -0.05) is 23.2 Å². The molecule has 2 rings (SSSR count). The molecule has 0 radical (unpaired) electrons. The molecular formula is C18H17Cl2NO3. The van der Waals surface area contributed by atoms with Crippen LogP contribution in [0.5, 0.6) is 5.75 Å². The van der Waals surface area contributed by atoms with E-state index in [4.69, 9.17) is 27.9 Å². The van der Waals surface area contributed by atoms with Gasteiger partial charge in [-0.25, -0.2) is 0 Å². The number of rotatable bonds is 7. The maximum absolute atomic E-state index is 11.9. The molecule has 0 fully saturated rings. The van der Waals surface area contributed by atoms with E-state index in [0.29, 0.717) is 46.5 Å². The van der Waals surface area contributed by atoms with Gasteiger partial charge in [-0.2, -0.15) is 0 Å². The first kappa shape index (κ1) is 18.3. The molecule has 0 aliphatic carbocycles. The van der Waals surface area contributed by atoms with Crippen molar-refractivity contribution in [1.29, 1.82) is 0 Å². The maximum Gasteiger partial charge on any atom is 0.224 e. The maximum atomic E-state index is 11.9.